The monoisotopic (exact) mass is 171 g/mol. The van der Waals surface area contributed by atoms with E-state index in [-0.39, 0.29) is 102 Å². The van der Waals surface area contributed by atoms with Crippen molar-refractivity contribution in [3.63, 3.8) is 0 Å². The van der Waals surface area contributed by atoms with Crippen LogP contribution in [0.5, 0.6) is 0 Å². The van der Waals surface area contributed by atoms with Crippen molar-refractivity contribution in [3.05, 3.63) is 0 Å². The summed E-state index contributed by atoms with van der Waals surface area (Å²) < 4.78 is 0. The van der Waals surface area contributed by atoms with Gasteiger partial charge in [0.25, 0.3) is 0 Å². The van der Waals surface area contributed by atoms with Gasteiger partial charge in [-0.3, -0.25) is 0 Å². The molecule has 0 aromatic carbocycles. The van der Waals surface area contributed by atoms with Crippen molar-refractivity contribution < 1.29 is 84.9 Å². The molecule has 0 aliphatic carbocycles. The third kappa shape index (κ3) is 30.9. The second kappa shape index (κ2) is 49.5. The Kier molecular flexibility index (Phi) is 614. The van der Waals surface area contributed by atoms with E-state index in [1.165, 1.54) is 0 Å². The maximum Gasteiger partial charge on any atom is 3.00 e. The van der Waals surface area contributed by atoms with E-state index in [0.29, 0.717) is 0 Å². The molecule has 0 aliphatic rings. The van der Waals surface area contributed by atoms with E-state index in [9.17, 15) is 0 Å². The van der Waals surface area contributed by atoms with Crippen LogP contribution in [-0.4, -0.2) is 22.8 Å². The molecular formula is HAlFeKO3+. The zero-order chi connectivity index (χ0) is 0. The number of hydrogen-bond acceptors (Lipinski definition) is 1. The molecule has 6 heavy (non-hydrogen) atoms. The van der Waals surface area contributed by atoms with E-state index in [0.717, 1.165) is 0 Å². The summed E-state index contributed by atoms with van der Waals surface area (Å²) in [5.74, 6) is 0. The molecule has 6 heteroatoms. The van der Waals surface area contributed by atoms with E-state index in [2.05, 4.69) is 0 Å². The normalized spacial score (nSPS) is 0. The van der Waals surface area contributed by atoms with Crippen LogP contribution in [0.1, 0.15) is 0 Å². The SMILES string of the molecule is [Al+3].[Fe+2].[K+].[O-2].[O-2].[OH-]. The Morgan fingerprint density at radius 1 is 0.833 bits per heavy atom. The van der Waals surface area contributed by atoms with Crippen molar-refractivity contribution in [2.24, 2.45) is 0 Å². The summed E-state index contributed by atoms with van der Waals surface area (Å²) in [5, 5.41) is 0. The van der Waals surface area contributed by atoms with E-state index in [1.54, 1.807) is 0 Å². The Balaban J connectivity index is 0. The van der Waals surface area contributed by atoms with Gasteiger partial charge in [-0.05, 0) is 0 Å². The van der Waals surface area contributed by atoms with Gasteiger partial charge < -0.3 is 16.4 Å². The minimum Gasteiger partial charge on any atom is -2.00 e. The summed E-state index contributed by atoms with van der Waals surface area (Å²) in [5.41, 5.74) is 0. The van der Waals surface area contributed by atoms with Gasteiger partial charge in [-0.2, -0.15) is 0 Å². The molecule has 3 nitrogen and oxygen atoms in total. The summed E-state index contributed by atoms with van der Waals surface area (Å²) in [6.45, 7) is 0. The first kappa shape index (κ1) is 74.4. The van der Waals surface area contributed by atoms with Crippen molar-refractivity contribution in [3.8, 4) is 0 Å². The van der Waals surface area contributed by atoms with Gasteiger partial charge in [-0.25, -0.2) is 0 Å². The van der Waals surface area contributed by atoms with Crippen molar-refractivity contribution in [1.82, 2.24) is 0 Å². The summed E-state index contributed by atoms with van der Waals surface area (Å²) in [6.07, 6.45) is 0. The Morgan fingerprint density at radius 3 is 0.833 bits per heavy atom. The second-order valence-corrected chi connectivity index (χ2v) is 0. The van der Waals surface area contributed by atoms with Crippen LogP contribution in [0, 0.1) is 0 Å². The fourth-order valence-electron chi connectivity index (χ4n) is 0. The molecule has 0 atom stereocenters. The number of hydrogen-bond donors (Lipinski definition) is 0. The zero-order valence-corrected chi connectivity index (χ0v) is 8.58. The van der Waals surface area contributed by atoms with Crippen LogP contribution in [0.15, 0.2) is 0 Å². The third-order valence-corrected chi connectivity index (χ3v) is 0. The van der Waals surface area contributed by atoms with Crippen LogP contribution in [0.2, 0.25) is 0 Å². The molecule has 0 unspecified atom stereocenters. The smallest absolute Gasteiger partial charge is 2.00 e. The van der Waals surface area contributed by atoms with Crippen LogP contribution < -0.4 is 51.4 Å². The molecule has 0 radical (unpaired) electrons. The van der Waals surface area contributed by atoms with Crippen LogP contribution in [0.3, 0.4) is 0 Å². The molecule has 0 heterocycles. The molecule has 0 aromatic heterocycles. The average molecular weight is 171 g/mol. The van der Waals surface area contributed by atoms with Crippen LogP contribution in [0.4, 0.5) is 0 Å². The minimum atomic E-state index is 0. The van der Waals surface area contributed by atoms with Crippen molar-refractivity contribution >= 4 is 17.4 Å². The quantitative estimate of drug-likeness (QED) is 0.344. The topological polar surface area (TPSA) is 87.0 Å². The molecule has 0 saturated heterocycles. The average Bonchev–Trinajstić information content (AvgIpc) is 0. The fraction of sp³-hybridized carbons (Fsp3) is 0. The van der Waals surface area contributed by atoms with Crippen molar-refractivity contribution in [2.75, 3.05) is 0 Å². The molecule has 0 spiro atoms. The molecular weight excluding hydrogens is 170 g/mol. The van der Waals surface area contributed by atoms with Gasteiger partial charge in [0, 0.05) is 0 Å². The van der Waals surface area contributed by atoms with E-state index in [1.807, 2.05) is 0 Å². The first-order valence-corrected chi connectivity index (χ1v) is 0. The van der Waals surface area contributed by atoms with Gasteiger partial charge >= 0.3 is 85.8 Å². The van der Waals surface area contributed by atoms with Gasteiger partial charge in [0.1, 0.15) is 0 Å². The molecule has 0 saturated carbocycles. The molecule has 0 aliphatic heterocycles. The summed E-state index contributed by atoms with van der Waals surface area (Å²) in [4.78, 5) is 0. The Labute approximate surface area is 100 Å². The zero-order valence-electron chi connectivity index (χ0n) is 3.19. The van der Waals surface area contributed by atoms with Gasteiger partial charge in [-0.1, -0.05) is 0 Å². The predicted molar refractivity (Wildman–Crippen MR) is 9.06 cm³/mol. The largest absolute Gasteiger partial charge is 3.00 e. The molecule has 0 aromatic rings. The van der Waals surface area contributed by atoms with E-state index >= 15 is 0 Å². The first-order chi connectivity index (χ1) is 0. The third-order valence-electron chi connectivity index (χ3n) is 0. The van der Waals surface area contributed by atoms with Gasteiger partial charge in [0.15, 0.2) is 0 Å². The van der Waals surface area contributed by atoms with Crippen LogP contribution >= 0.6 is 0 Å². The molecule has 0 amide bonds. The van der Waals surface area contributed by atoms with Crippen molar-refractivity contribution in [2.45, 2.75) is 0 Å². The van der Waals surface area contributed by atoms with Crippen molar-refractivity contribution in [1.29, 1.82) is 0 Å². The Hall–Kier alpha value is 2.57. The van der Waals surface area contributed by atoms with E-state index < -0.39 is 0 Å². The minimum absolute atomic E-state index is 0. The van der Waals surface area contributed by atoms with Crippen LogP contribution in [-0.2, 0) is 28.0 Å². The molecule has 0 fully saturated rings. The number of rotatable bonds is 0. The van der Waals surface area contributed by atoms with Gasteiger partial charge in [-0.15, -0.1) is 0 Å². The molecule has 0 rings (SSSR count). The standard InChI is InChI=1S/Al.Fe.K.H2O.2O/h;;;1H2;;/q+3;+2;+1;;2*-2/p-1. The second-order valence-electron chi connectivity index (χ2n) is 0. The maximum absolute atomic E-state index is 0. The maximum atomic E-state index is 0. The predicted octanol–water partition coefficient (Wildman–Crippen LogP) is -3.79. The first-order valence-electron chi connectivity index (χ1n) is 0. The summed E-state index contributed by atoms with van der Waals surface area (Å²) in [7, 11) is 0. The molecule has 1 N–H and O–H groups in total. The Morgan fingerprint density at radius 2 is 0.833 bits per heavy atom. The summed E-state index contributed by atoms with van der Waals surface area (Å²) in [6, 6.07) is 0. The van der Waals surface area contributed by atoms with Gasteiger partial charge in [0.05, 0.1) is 0 Å². The fourth-order valence-corrected chi connectivity index (χ4v) is 0. The van der Waals surface area contributed by atoms with Crippen LogP contribution in [0.25, 0.3) is 0 Å². The Bertz CT molecular complexity index is 10.8. The molecule has 30 valence electrons. The molecule has 0 bridgehead atoms. The van der Waals surface area contributed by atoms with Gasteiger partial charge in [0.2, 0.25) is 0 Å². The summed E-state index contributed by atoms with van der Waals surface area (Å²) >= 11 is 0. The van der Waals surface area contributed by atoms with E-state index in [4.69, 9.17) is 0 Å².